The Morgan fingerprint density at radius 1 is 1.20 bits per heavy atom. The van der Waals surface area contributed by atoms with Crippen molar-refractivity contribution in [1.82, 2.24) is 5.32 Å². The standard InChI is InChI=1S/C14H17BrF3NO/c15-12-8-10(6-7-13(12)20-14(16,17)18)9-19-11-4-2-1-3-5-11/h6-8,11,19H,1-5,9H2. The van der Waals surface area contributed by atoms with Gasteiger partial charge >= 0.3 is 6.36 Å². The topological polar surface area (TPSA) is 21.3 Å². The van der Waals surface area contributed by atoms with Crippen LogP contribution in [-0.2, 0) is 6.54 Å². The predicted molar refractivity (Wildman–Crippen MR) is 74.5 cm³/mol. The van der Waals surface area contributed by atoms with Crippen molar-refractivity contribution < 1.29 is 17.9 Å². The quantitative estimate of drug-likeness (QED) is 0.843. The molecule has 2 nitrogen and oxygen atoms in total. The second-order valence-corrected chi connectivity index (χ2v) is 5.88. The summed E-state index contributed by atoms with van der Waals surface area (Å²) in [7, 11) is 0. The molecular formula is C14H17BrF3NO. The van der Waals surface area contributed by atoms with E-state index < -0.39 is 6.36 Å². The van der Waals surface area contributed by atoms with Crippen LogP contribution in [0.3, 0.4) is 0 Å². The van der Waals surface area contributed by atoms with Gasteiger partial charge in [-0.2, -0.15) is 0 Å². The van der Waals surface area contributed by atoms with E-state index in [1.807, 2.05) is 0 Å². The van der Waals surface area contributed by atoms with Crippen molar-refractivity contribution in [3.05, 3.63) is 28.2 Å². The van der Waals surface area contributed by atoms with Gasteiger partial charge in [0, 0.05) is 12.6 Å². The molecule has 1 aromatic rings. The minimum Gasteiger partial charge on any atom is -0.405 e. The lowest BCUT2D eigenvalue weighted by molar-refractivity contribution is -0.274. The number of halogens is 4. The highest BCUT2D eigenvalue weighted by molar-refractivity contribution is 9.10. The monoisotopic (exact) mass is 351 g/mol. The highest BCUT2D eigenvalue weighted by atomic mass is 79.9. The second kappa shape index (κ2) is 6.80. The Morgan fingerprint density at radius 2 is 1.90 bits per heavy atom. The van der Waals surface area contributed by atoms with Crippen LogP contribution in [0.4, 0.5) is 13.2 Å². The van der Waals surface area contributed by atoms with Crippen molar-refractivity contribution in [2.75, 3.05) is 0 Å². The molecule has 0 amide bonds. The van der Waals surface area contributed by atoms with Crippen molar-refractivity contribution in [2.45, 2.75) is 51.1 Å². The van der Waals surface area contributed by atoms with E-state index in [1.165, 1.54) is 38.2 Å². The zero-order valence-electron chi connectivity index (χ0n) is 11.0. The molecule has 112 valence electrons. The van der Waals surface area contributed by atoms with Crippen LogP contribution in [0, 0.1) is 0 Å². The molecule has 0 radical (unpaired) electrons. The largest absolute Gasteiger partial charge is 0.573 e. The molecule has 0 heterocycles. The van der Waals surface area contributed by atoms with Crippen LogP contribution in [0.1, 0.15) is 37.7 Å². The average molecular weight is 352 g/mol. The van der Waals surface area contributed by atoms with Crippen molar-refractivity contribution in [3.8, 4) is 5.75 Å². The first-order valence-electron chi connectivity index (χ1n) is 6.71. The van der Waals surface area contributed by atoms with Crippen molar-refractivity contribution in [2.24, 2.45) is 0 Å². The van der Waals surface area contributed by atoms with Gasteiger partial charge in [-0.1, -0.05) is 25.3 Å². The number of benzene rings is 1. The van der Waals surface area contributed by atoms with Gasteiger partial charge in [-0.3, -0.25) is 0 Å². The molecule has 0 aliphatic heterocycles. The van der Waals surface area contributed by atoms with Gasteiger partial charge in [0.15, 0.2) is 0 Å². The lowest BCUT2D eigenvalue weighted by atomic mass is 9.95. The summed E-state index contributed by atoms with van der Waals surface area (Å²) in [4.78, 5) is 0. The highest BCUT2D eigenvalue weighted by Gasteiger charge is 2.31. The van der Waals surface area contributed by atoms with Gasteiger partial charge in [0.1, 0.15) is 5.75 Å². The summed E-state index contributed by atoms with van der Waals surface area (Å²) in [5.41, 5.74) is 0.942. The molecule has 0 unspecified atom stereocenters. The first-order chi connectivity index (χ1) is 9.44. The number of ether oxygens (including phenoxy) is 1. The van der Waals surface area contributed by atoms with Crippen molar-refractivity contribution >= 4 is 15.9 Å². The SMILES string of the molecule is FC(F)(F)Oc1ccc(CNC2CCCCC2)cc1Br. The number of rotatable bonds is 4. The lowest BCUT2D eigenvalue weighted by Crippen LogP contribution is -2.30. The van der Waals surface area contributed by atoms with E-state index in [0.717, 1.165) is 5.56 Å². The Labute approximate surface area is 124 Å². The van der Waals surface area contributed by atoms with E-state index in [4.69, 9.17) is 0 Å². The number of nitrogens with one attached hydrogen (secondary N) is 1. The Kier molecular flexibility index (Phi) is 5.32. The highest BCUT2D eigenvalue weighted by Crippen LogP contribution is 2.31. The van der Waals surface area contributed by atoms with E-state index in [1.54, 1.807) is 12.1 Å². The number of hydrogen-bond acceptors (Lipinski definition) is 2. The second-order valence-electron chi connectivity index (χ2n) is 5.03. The third-order valence-corrected chi connectivity index (χ3v) is 4.04. The fourth-order valence-electron chi connectivity index (χ4n) is 2.43. The maximum absolute atomic E-state index is 12.2. The Morgan fingerprint density at radius 3 is 2.50 bits per heavy atom. The minimum absolute atomic E-state index is 0.209. The Balaban J connectivity index is 1.91. The number of hydrogen-bond donors (Lipinski definition) is 1. The molecule has 0 saturated heterocycles. The van der Waals surface area contributed by atoms with Crippen molar-refractivity contribution in [3.63, 3.8) is 0 Å². The van der Waals surface area contributed by atoms with Crippen LogP contribution in [0.15, 0.2) is 22.7 Å². The van der Waals surface area contributed by atoms with E-state index in [2.05, 4.69) is 26.0 Å². The summed E-state index contributed by atoms with van der Waals surface area (Å²) in [6, 6.07) is 5.18. The van der Waals surface area contributed by atoms with Gasteiger partial charge in [-0.15, -0.1) is 13.2 Å². The molecule has 1 aliphatic carbocycles. The molecular weight excluding hydrogens is 335 g/mol. The summed E-state index contributed by atoms with van der Waals surface area (Å²) >= 11 is 3.11. The first kappa shape index (κ1) is 15.6. The Bertz CT molecular complexity index is 445. The first-order valence-corrected chi connectivity index (χ1v) is 7.51. The maximum atomic E-state index is 12.2. The lowest BCUT2D eigenvalue weighted by Gasteiger charge is -2.23. The van der Waals surface area contributed by atoms with E-state index in [9.17, 15) is 13.2 Å². The molecule has 1 aromatic carbocycles. The smallest absolute Gasteiger partial charge is 0.405 e. The summed E-state index contributed by atoms with van der Waals surface area (Å²) in [6.45, 7) is 0.662. The molecule has 0 atom stereocenters. The van der Waals surface area contributed by atoms with Gasteiger partial charge in [-0.25, -0.2) is 0 Å². The molecule has 0 bridgehead atoms. The van der Waals surface area contributed by atoms with Crippen LogP contribution in [-0.4, -0.2) is 12.4 Å². The van der Waals surface area contributed by atoms with Crippen molar-refractivity contribution in [1.29, 1.82) is 0 Å². The Hall–Kier alpha value is -0.750. The summed E-state index contributed by atoms with van der Waals surface area (Å²) in [5, 5.41) is 3.45. The fourth-order valence-corrected chi connectivity index (χ4v) is 2.94. The van der Waals surface area contributed by atoms with Gasteiger partial charge in [0.2, 0.25) is 0 Å². The molecule has 1 fully saturated rings. The van der Waals surface area contributed by atoms with Gasteiger partial charge in [0.25, 0.3) is 0 Å². The van der Waals surface area contributed by atoms with Gasteiger partial charge in [-0.05, 0) is 46.5 Å². The molecule has 1 N–H and O–H groups in total. The van der Waals surface area contributed by atoms with Crippen LogP contribution >= 0.6 is 15.9 Å². The van der Waals surface area contributed by atoms with E-state index >= 15 is 0 Å². The molecule has 0 spiro atoms. The van der Waals surface area contributed by atoms with Gasteiger partial charge < -0.3 is 10.1 Å². The average Bonchev–Trinajstić information content (AvgIpc) is 2.39. The van der Waals surface area contributed by atoms with Crippen LogP contribution in [0.5, 0.6) is 5.75 Å². The molecule has 6 heteroatoms. The maximum Gasteiger partial charge on any atom is 0.573 e. The van der Waals surface area contributed by atoms with E-state index in [-0.39, 0.29) is 5.75 Å². The zero-order chi connectivity index (χ0) is 14.6. The normalized spacial score (nSPS) is 17.2. The molecule has 1 saturated carbocycles. The van der Waals surface area contributed by atoms with Gasteiger partial charge in [0.05, 0.1) is 4.47 Å². The summed E-state index contributed by atoms with van der Waals surface area (Å²) < 4.78 is 40.7. The fraction of sp³-hybridized carbons (Fsp3) is 0.571. The third-order valence-electron chi connectivity index (χ3n) is 3.42. The number of alkyl halides is 3. The third kappa shape index (κ3) is 4.98. The summed E-state index contributed by atoms with van der Waals surface area (Å²) in [5.74, 6) is -0.209. The van der Waals surface area contributed by atoms with Crippen LogP contribution in [0.25, 0.3) is 0 Å². The van der Waals surface area contributed by atoms with E-state index in [0.29, 0.717) is 17.1 Å². The predicted octanol–water partition coefficient (Wildman–Crippen LogP) is 4.77. The zero-order valence-corrected chi connectivity index (χ0v) is 12.6. The van der Waals surface area contributed by atoms with Crippen LogP contribution < -0.4 is 10.1 Å². The molecule has 20 heavy (non-hydrogen) atoms. The molecule has 1 aliphatic rings. The minimum atomic E-state index is -4.66. The molecule has 2 rings (SSSR count). The van der Waals surface area contributed by atoms with Crippen LogP contribution in [0.2, 0.25) is 0 Å². The molecule has 0 aromatic heterocycles. The summed E-state index contributed by atoms with van der Waals surface area (Å²) in [6.07, 6.45) is 1.49.